The molecule has 0 aromatic rings. The molecule has 0 spiro atoms. The molecule has 0 radical (unpaired) electrons. The molecule has 5 nitrogen and oxygen atoms in total. The van der Waals surface area contributed by atoms with E-state index in [9.17, 15) is 4.79 Å². The Labute approximate surface area is 102 Å². The van der Waals surface area contributed by atoms with Gasteiger partial charge in [-0.2, -0.15) is 0 Å². The van der Waals surface area contributed by atoms with Gasteiger partial charge >= 0.3 is 5.97 Å². The van der Waals surface area contributed by atoms with Crippen molar-refractivity contribution in [1.82, 2.24) is 0 Å². The van der Waals surface area contributed by atoms with Gasteiger partial charge in [-0.15, -0.1) is 12.3 Å². The van der Waals surface area contributed by atoms with Crippen molar-refractivity contribution in [1.29, 1.82) is 0 Å². The fraction of sp³-hybridized carbons (Fsp3) is 0.750. The maximum Gasteiger partial charge on any atom is 0.313 e. The van der Waals surface area contributed by atoms with Crippen LogP contribution in [0, 0.1) is 24.2 Å². The third-order valence-corrected chi connectivity index (χ3v) is 3.14. The average molecular weight is 239 g/mol. The molecule has 0 saturated heterocycles. The lowest BCUT2D eigenvalue weighted by atomic mass is 9.78. The van der Waals surface area contributed by atoms with Crippen LogP contribution < -0.4 is 17.2 Å². The Kier molecular flexibility index (Phi) is 4.94. The first-order valence-electron chi connectivity index (χ1n) is 5.97. The van der Waals surface area contributed by atoms with Gasteiger partial charge in [-0.3, -0.25) is 22.0 Å². The summed E-state index contributed by atoms with van der Waals surface area (Å²) in [6.45, 7) is 0. The summed E-state index contributed by atoms with van der Waals surface area (Å²) in [5.41, 5.74) is 15.8. The molecule has 96 valence electrons. The lowest BCUT2D eigenvalue weighted by Crippen LogP contribution is -2.61. The molecular formula is C12H21N3O2. The first kappa shape index (κ1) is 14.0. The third kappa shape index (κ3) is 4.73. The third-order valence-electron chi connectivity index (χ3n) is 3.14. The van der Waals surface area contributed by atoms with Crippen LogP contribution in [0.25, 0.3) is 0 Å². The molecule has 0 heterocycles. The fourth-order valence-corrected chi connectivity index (χ4v) is 2.36. The quantitative estimate of drug-likeness (QED) is 0.370. The zero-order valence-electron chi connectivity index (χ0n) is 10.0. The van der Waals surface area contributed by atoms with E-state index in [1.165, 1.54) is 6.42 Å². The van der Waals surface area contributed by atoms with E-state index in [1.807, 2.05) is 0 Å². The summed E-state index contributed by atoms with van der Waals surface area (Å²) in [4.78, 5) is 11.9. The molecule has 5 heteroatoms. The van der Waals surface area contributed by atoms with E-state index in [0.717, 1.165) is 25.7 Å². The van der Waals surface area contributed by atoms with Crippen molar-refractivity contribution in [3.63, 3.8) is 0 Å². The van der Waals surface area contributed by atoms with Crippen LogP contribution in [0.5, 0.6) is 0 Å². The zero-order valence-corrected chi connectivity index (χ0v) is 10.0. The molecule has 0 amide bonds. The molecule has 1 atom stereocenters. The smallest absolute Gasteiger partial charge is 0.313 e. The van der Waals surface area contributed by atoms with E-state index in [4.69, 9.17) is 28.4 Å². The molecule has 6 N–H and O–H groups in total. The summed E-state index contributed by atoms with van der Waals surface area (Å²) >= 11 is 0. The van der Waals surface area contributed by atoms with Gasteiger partial charge in [0.2, 0.25) is 0 Å². The van der Waals surface area contributed by atoms with Crippen molar-refractivity contribution >= 4 is 5.97 Å². The van der Waals surface area contributed by atoms with Crippen LogP contribution >= 0.6 is 0 Å². The number of carbonyl (C=O) groups is 1. The molecule has 0 aliphatic heterocycles. The number of ether oxygens (including phenoxy) is 1. The van der Waals surface area contributed by atoms with E-state index in [1.54, 1.807) is 0 Å². The molecule has 1 aliphatic rings. The Hall–Kier alpha value is -1.09. The molecule has 1 fully saturated rings. The second-order valence-corrected chi connectivity index (χ2v) is 4.69. The molecule has 1 aliphatic carbocycles. The van der Waals surface area contributed by atoms with Crippen LogP contribution in [0.2, 0.25) is 0 Å². The lowest BCUT2D eigenvalue weighted by molar-refractivity contribution is -0.165. The molecular weight excluding hydrogens is 218 g/mol. The van der Waals surface area contributed by atoms with Crippen LogP contribution in [0.4, 0.5) is 0 Å². The maximum atomic E-state index is 11.9. The summed E-state index contributed by atoms with van der Waals surface area (Å²) in [5.74, 6) is 0.0278. The molecule has 0 unspecified atom stereocenters. The van der Waals surface area contributed by atoms with Gasteiger partial charge in [0.15, 0.2) is 0 Å². The Morgan fingerprint density at radius 2 is 1.94 bits per heavy atom. The van der Waals surface area contributed by atoms with Crippen molar-refractivity contribution in [2.45, 2.75) is 44.5 Å². The highest BCUT2D eigenvalue weighted by Gasteiger charge is 2.32. The molecule has 1 rings (SSSR count). The van der Waals surface area contributed by atoms with Crippen LogP contribution in [0.15, 0.2) is 0 Å². The van der Waals surface area contributed by atoms with Crippen LogP contribution in [0.3, 0.4) is 0 Å². The van der Waals surface area contributed by atoms with Crippen LogP contribution in [-0.2, 0) is 9.53 Å². The number of carbonyl (C=O) groups excluding carboxylic acids is 1. The summed E-state index contributed by atoms with van der Waals surface area (Å²) in [6.07, 6.45) is 11.1. The Balaban J connectivity index is 2.64. The summed E-state index contributed by atoms with van der Waals surface area (Å²) < 4.78 is 4.80. The number of nitrogens with two attached hydrogens (primary N) is 3. The first-order valence-corrected chi connectivity index (χ1v) is 5.97. The number of hydrogen-bond acceptors (Lipinski definition) is 5. The predicted molar refractivity (Wildman–Crippen MR) is 64.9 cm³/mol. The number of hydrogen-bond donors (Lipinski definition) is 3. The normalized spacial score (nSPS) is 19.4. The van der Waals surface area contributed by atoms with Crippen LogP contribution in [-0.4, -0.2) is 11.9 Å². The van der Waals surface area contributed by atoms with Gasteiger partial charge in [-0.1, -0.05) is 19.3 Å². The van der Waals surface area contributed by atoms with Crippen molar-refractivity contribution < 1.29 is 9.53 Å². The average Bonchev–Trinajstić information content (AvgIpc) is 2.24. The van der Waals surface area contributed by atoms with Crippen molar-refractivity contribution in [3.05, 3.63) is 0 Å². The molecule has 0 aromatic heterocycles. The van der Waals surface area contributed by atoms with Crippen molar-refractivity contribution in [2.24, 2.45) is 29.0 Å². The highest BCUT2D eigenvalue weighted by Crippen LogP contribution is 2.32. The molecule has 0 aromatic carbocycles. The monoisotopic (exact) mass is 239 g/mol. The standard InChI is InChI=1S/C12H21N3O2/c1-2-6-10(9-7-4-3-5-8-9)11(16)17-12(13,14)15/h1,9-10H,3-8,13-15H2/t10-/m0/s1. The fourth-order valence-electron chi connectivity index (χ4n) is 2.36. The lowest BCUT2D eigenvalue weighted by Gasteiger charge is -2.29. The largest absolute Gasteiger partial charge is 0.416 e. The van der Waals surface area contributed by atoms with E-state index < -0.39 is 11.9 Å². The minimum absolute atomic E-state index is 0.259. The van der Waals surface area contributed by atoms with Gasteiger partial charge in [-0.25, -0.2) is 0 Å². The maximum absolute atomic E-state index is 11.9. The summed E-state index contributed by atoms with van der Waals surface area (Å²) in [7, 11) is 0. The second kappa shape index (κ2) is 6.01. The second-order valence-electron chi connectivity index (χ2n) is 4.69. The van der Waals surface area contributed by atoms with Gasteiger partial charge in [0.05, 0.1) is 5.92 Å². The van der Waals surface area contributed by atoms with Gasteiger partial charge in [0.25, 0.3) is 5.97 Å². The van der Waals surface area contributed by atoms with Gasteiger partial charge < -0.3 is 4.74 Å². The summed E-state index contributed by atoms with van der Waals surface area (Å²) in [6, 6.07) is 0. The number of terminal acetylenes is 1. The van der Waals surface area contributed by atoms with Crippen LogP contribution in [0.1, 0.15) is 38.5 Å². The SMILES string of the molecule is C#CC[C@H](C(=O)OC(N)(N)N)C1CCCCC1. The number of esters is 1. The summed E-state index contributed by atoms with van der Waals surface area (Å²) in [5, 5.41) is 0. The molecule has 1 saturated carbocycles. The highest BCUT2D eigenvalue weighted by molar-refractivity contribution is 5.73. The van der Waals surface area contributed by atoms with Gasteiger partial charge in [-0.05, 0) is 18.8 Å². The molecule has 17 heavy (non-hydrogen) atoms. The Morgan fingerprint density at radius 3 is 2.41 bits per heavy atom. The van der Waals surface area contributed by atoms with Crippen molar-refractivity contribution in [3.8, 4) is 12.3 Å². The number of rotatable bonds is 4. The van der Waals surface area contributed by atoms with E-state index >= 15 is 0 Å². The Morgan fingerprint density at radius 1 is 1.35 bits per heavy atom. The van der Waals surface area contributed by atoms with Gasteiger partial charge in [0.1, 0.15) is 0 Å². The minimum atomic E-state index is -1.92. The topological polar surface area (TPSA) is 104 Å². The van der Waals surface area contributed by atoms with E-state index in [2.05, 4.69) is 5.92 Å². The first-order chi connectivity index (χ1) is 7.94. The highest BCUT2D eigenvalue weighted by atomic mass is 16.6. The minimum Gasteiger partial charge on any atom is -0.416 e. The van der Waals surface area contributed by atoms with E-state index in [0.29, 0.717) is 6.42 Å². The van der Waals surface area contributed by atoms with Crippen molar-refractivity contribution in [2.75, 3.05) is 0 Å². The zero-order chi connectivity index (χ0) is 12.9. The van der Waals surface area contributed by atoms with E-state index in [-0.39, 0.29) is 11.8 Å². The van der Waals surface area contributed by atoms with Gasteiger partial charge in [0, 0.05) is 6.42 Å². The molecule has 0 bridgehead atoms. The predicted octanol–water partition coefficient (Wildman–Crippen LogP) is 0.237. The Bertz CT molecular complexity index is 298.